The number of aryl methyl sites for hydroxylation is 2. The highest BCUT2D eigenvalue weighted by atomic mass is 35.5. The van der Waals surface area contributed by atoms with Gasteiger partial charge in [-0.3, -0.25) is 4.68 Å². The molecule has 12 heavy (non-hydrogen) atoms. The van der Waals surface area contributed by atoms with E-state index in [2.05, 4.69) is 5.10 Å². The van der Waals surface area contributed by atoms with Gasteiger partial charge in [0, 0.05) is 26.7 Å². The zero-order chi connectivity index (χ0) is 9.30. The molecule has 1 aromatic heterocycles. The van der Waals surface area contributed by atoms with E-state index in [0.717, 1.165) is 17.1 Å². The molecule has 0 bridgehead atoms. The fourth-order valence-corrected chi connectivity index (χ4v) is 1.72. The summed E-state index contributed by atoms with van der Waals surface area (Å²) in [5.41, 5.74) is 2.13. The summed E-state index contributed by atoms with van der Waals surface area (Å²) in [5, 5.41) is 4.29. The van der Waals surface area contributed by atoms with Crippen molar-refractivity contribution in [3.63, 3.8) is 0 Å². The molecule has 3 nitrogen and oxygen atoms in total. The van der Waals surface area contributed by atoms with Crippen LogP contribution >= 0.6 is 11.6 Å². The van der Waals surface area contributed by atoms with Crippen LogP contribution in [0.15, 0.2) is 0 Å². The molecule has 1 aromatic rings. The van der Waals surface area contributed by atoms with Gasteiger partial charge in [0.2, 0.25) is 0 Å². The smallest absolute Gasteiger partial charge is 0.130 e. The number of rotatable bonds is 2. The Kier molecular flexibility index (Phi) is 2.62. The van der Waals surface area contributed by atoms with Gasteiger partial charge in [-0.15, -0.1) is 11.6 Å². The van der Waals surface area contributed by atoms with Gasteiger partial charge in [-0.1, -0.05) is 0 Å². The van der Waals surface area contributed by atoms with E-state index in [1.54, 1.807) is 0 Å². The molecule has 68 valence electrons. The number of aromatic nitrogens is 2. The first-order valence-electron chi connectivity index (χ1n) is 3.83. The van der Waals surface area contributed by atoms with E-state index in [1.165, 1.54) is 0 Å². The Morgan fingerprint density at radius 3 is 2.42 bits per heavy atom. The fraction of sp³-hybridized carbons (Fsp3) is 0.625. The molecule has 0 fully saturated rings. The van der Waals surface area contributed by atoms with E-state index < -0.39 is 0 Å². The Bertz CT molecular complexity index is 278. The first-order chi connectivity index (χ1) is 5.57. The summed E-state index contributed by atoms with van der Waals surface area (Å²) in [6, 6.07) is 0. The average Bonchev–Trinajstić information content (AvgIpc) is 2.24. The van der Waals surface area contributed by atoms with E-state index in [0.29, 0.717) is 5.88 Å². The highest BCUT2D eigenvalue weighted by Gasteiger charge is 2.12. The third-order valence-corrected chi connectivity index (χ3v) is 2.14. The van der Waals surface area contributed by atoms with Crippen molar-refractivity contribution in [2.75, 3.05) is 19.0 Å². The summed E-state index contributed by atoms with van der Waals surface area (Å²) >= 11 is 5.81. The topological polar surface area (TPSA) is 21.1 Å². The summed E-state index contributed by atoms with van der Waals surface area (Å²) in [7, 11) is 5.91. The lowest BCUT2D eigenvalue weighted by atomic mass is 10.2. The van der Waals surface area contributed by atoms with Crippen LogP contribution in [0, 0.1) is 6.92 Å². The monoisotopic (exact) mass is 187 g/mol. The van der Waals surface area contributed by atoms with Crippen LogP contribution in [0.5, 0.6) is 0 Å². The number of hydrogen-bond donors (Lipinski definition) is 0. The summed E-state index contributed by atoms with van der Waals surface area (Å²) in [6.07, 6.45) is 0. The SMILES string of the molecule is Cc1nn(C)c(N(C)C)c1CCl. The van der Waals surface area contributed by atoms with Crippen LogP contribution in [0.2, 0.25) is 0 Å². The van der Waals surface area contributed by atoms with E-state index in [4.69, 9.17) is 11.6 Å². The van der Waals surface area contributed by atoms with Crippen LogP contribution in [-0.2, 0) is 12.9 Å². The lowest BCUT2D eigenvalue weighted by Crippen LogP contribution is -2.14. The molecular weight excluding hydrogens is 174 g/mol. The molecule has 1 heterocycles. The van der Waals surface area contributed by atoms with Gasteiger partial charge in [-0.2, -0.15) is 5.10 Å². The summed E-state index contributed by atoms with van der Waals surface area (Å²) in [6.45, 7) is 1.98. The first-order valence-corrected chi connectivity index (χ1v) is 4.37. The molecule has 0 saturated heterocycles. The van der Waals surface area contributed by atoms with Gasteiger partial charge in [0.05, 0.1) is 11.6 Å². The zero-order valence-corrected chi connectivity index (χ0v) is 8.68. The molecule has 1 rings (SSSR count). The maximum absolute atomic E-state index is 5.81. The first kappa shape index (κ1) is 9.39. The van der Waals surface area contributed by atoms with Crippen LogP contribution in [0.1, 0.15) is 11.3 Å². The van der Waals surface area contributed by atoms with Crippen LogP contribution in [-0.4, -0.2) is 23.9 Å². The molecule has 0 N–H and O–H groups in total. The van der Waals surface area contributed by atoms with Crippen LogP contribution in [0.4, 0.5) is 5.82 Å². The average molecular weight is 188 g/mol. The van der Waals surface area contributed by atoms with Crippen LogP contribution in [0.25, 0.3) is 0 Å². The fourth-order valence-electron chi connectivity index (χ4n) is 1.41. The molecule has 0 saturated carbocycles. The second-order valence-electron chi connectivity index (χ2n) is 3.04. The molecule has 0 aliphatic heterocycles. The Labute approximate surface area is 77.9 Å². The minimum Gasteiger partial charge on any atom is -0.363 e. The van der Waals surface area contributed by atoms with Crippen molar-refractivity contribution in [2.24, 2.45) is 7.05 Å². The normalized spacial score (nSPS) is 10.4. The van der Waals surface area contributed by atoms with Crippen molar-refractivity contribution < 1.29 is 0 Å². The van der Waals surface area contributed by atoms with E-state index in [1.807, 2.05) is 37.6 Å². The Morgan fingerprint density at radius 2 is 2.08 bits per heavy atom. The third-order valence-electron chi connectivity index (χ3n) is 1.87. The number of nitrogens with zero attached hydrogens (tertiary/aromatic N) is 3. The largest absolute Gasteiger partial charge is 0.363 e. The lowest BCUT2D eigenvalue weighted by molar-refractivity contribution is 0.745. The van der Waals surface area contributed by atoms with E-state index in [-0.39, 0.29) is 0 Å². The lowest BCUT2D eigenvalue weighted by Gasteiger charge is -2.13. The molecule has 0 radical (unpaired) electrons. The number of hydrogen-bond acceptors (Lipinski definition) is 2. The molecule has 0 spiro atoms. The second kappa shape index (κ2) is 3.35. The Hall–Kier alpha value is -0.700. The third kappa shape index (κ3) is 1.41. The molecule has 0 unspecified atom stereocenters. The van der Waals surface area contributed by atoms with E-state index >= 15 is 0 Å². The van der Waals surface area contributed by atoms with Crippen molar-refractivity contribution in [3.05, 3.63) is 11.3 Å². The molecule has 0 atom stereocenters. The van der Waals surface area contributed by atoms with E-state index in [9.17, 15) is 0 Å². The van der Waals surface area contributed by atoms with Crippen molar-refractivity contribution in [1.29, 1.82) is 0 Å². The summed E-state index contributed by atoms with van der Waals surface area (Å²) in [4.78, 5) is 2.03. The standard InChI is InChI=1S/C8H14ClN3/c1-6-7(5-9)8(11(2)3)12(4)10-6/h5H2,1-4H3. The van der Waals surface area contributed by atoms with Gasteiger partial charge in [-0.25, -0.2) is 0 Å². The predicted molar refractivity (Wildman–Crippen MR) is 51.8 cm³/mol. The predicted octanol–water partition coefficient (Wildman–Crippen LogP) is 1.53. The van der Waals surface area contributed by atoms with Gasteiger partial charge in [0.15, 0.2) is 0 Å². The molecule has 0 aromatic carbocycles. The Morgan fingerprint density at radius 1 is 1.50 bits per heavy atom. The Balaban J connectivity index is 3.23. The van der Waals surface area contributed by atoms with Gasteiger partial charge >= 0.3 is 0 Å². The molecule has 4 heteroatoms. The van der Waals surface area contributed by atoms with Gasteiger partial charge < -0.3 is 4.90 Å². The van der Waals surface area contributed by atoms with Gasteiger partial charge in [-0.05, 0) is 6.92 Å². The molecule has 0 aliphatic rings. The number of halogens is 1. The molecular formula is C8H14ClN3. The zero-order valence-electron chi connectivity index (χ0n) is 7.93. The molecule has 0 aliphatic carbocycles. The highest BCUT2D eigenvalue weighted by Crippen LogP contribution is 2.22. The summed E-state index contributed by atoms with van der Waals surface area (Å²) in [5.74, 6) is 1.61. The maximum atomic E-state index is 5.81. The van der Waals surface area contributed by atoms with Crippen molar-refractivity contribution in [1.82, 2.24) is 9.78 Å². The van der Waals surface area contributed by atoms with Crippen molar-refractivity contribution >= 4 is 17.4 Å². The van der Waals surface area contributed by atoms with Crippen molar-refractivity contribution in [2.45, 2.75) is 12.8 Å². The molecule has 0 amide bonds. The second-order valence-corrected chi connectivity index (χ2v) is 3.31. The van der Waals surface area contributed by atoms with Crippen LogP contribution in [0.3, 0.4) is 0 Å². The van der Waals surface area contributed by atoms with Gasteiger partial charge in [0.1, 0.15) is 5.82 Å². The van der Waals surface area contributed by atoms with Gasteiger partial charge in [0.25, 0.3) is 0 Å². The maximum Gasteiger partial charge on any atom is 0.130 e. The minimum atomic E-state index is 0.521. The quantitative estimate of drug-likeness (QED) is 0.655. The van der Waals surface area contributed by atoms with Crippen molar-refractivity contribution in [3.8, 4) is 0 Å². The van der Waals surface area contributed by atoms with Crippen LogP contribution < -0.4 is 4.90 Å². The minimum absolute atomic E-state index is 0.521. The number of anilines is 1. The summed E-state index contributed by atoms with van der Waals surface area (Å²) < 4.78 is 1.85. The number of alkyl halides is 1. The highest BCUT2D eigenvalue weighted by molar-refractivity contribution is 6.17.